The number of nitrogens with one attached hydrogen (secondary N) is 2. The maximum atomic E-state index is 12.7. The van der Waals surface area contributed by atoms with Crippen LogP contribution >= 0.6 is 0 Å². The molecule has 0 fully saturated rings. The summed E-state index contributed by atoms with van der Waals surface area (Å²) >= 11 is 0. The molecular formula is C33H32N4O7S. The van der Waals surface area contributed by atoms with Gasteiger partial charge in [0, 0.05) is 5.56 Å². The maximum Gasteiger partial charge on any atom is 0.394 e. The Labute approximate surface area is 260 Å². The van der Waals surface area contributed by atoms with Gasteiger partial charge in [0.25, 0.3) is 5.91 Å². The van der Waals surface area contributed by atoms with E-state index in [1.807, 2.05) is 86.6 Å². The Morgan fingerprint density at radius 1 is 0.622 bits per heavy atom. The number of methoxy groups -OCH3 is 2. The largest absolute Gasteiger partial charge is 0.497 e. The molecule has 0 saturated carbocycles. The van der Waals surface area contributed by atoms with Crippen LogP contribution in [-0.2, 0) is 10.4 Å². The van der Waals surface area contributed by atoms with Crippen LogP contribution in [0.5, 0.6) is 11.5 Å². The number of hydrogen-bond donors (Lipinski definition) is 4. The fraction of sp³-hybridized carbons (Fsp3) is 0.121. The molecule has 1 amide bonds. The molecule has 232 valence electrons. The molecule has 0 bridgehead atoms. The molecule has 0 radical (unpaired) electrons. The molecule has 5 aromatic rings. The monoisotopic (exact) mass is 628 g/mol. The summed E-state index contributed by atoms with van der Waals surface area (Å²) in [6.45, 7) is 3.82. The smallest absolute Gasteiger partial charge is 0.394 e. The molecule has 0 spiro atoms. The molecule has 0 saturated heterocycles. The second-order valence-electron chi connectivity index (χ2n) is 9.83. The van der Waals surface area contributed by atoms with E-state index in [2.05, 4.69) is 33.2 Å². The SMILES string of the molecule is COc1ccc2cc(C(C)=NNC(=O)c3ccc(NN=C(C)c4ccc5cc(OC)ccc5c4)cc3)ccc2c1.O=S(=O)(O)O. The molecule has 0 aliphatic carbocycles. The molecular weight excluding hydrogens is 596 g/mol. The van der Waals surface area contributed by atoms with E-state index in [0.717, 1.165) is 55.6 Å². The topological polar surface area (TPSA) is 159 Å². The highest BCUT2D eigenvalue weighted by molar-refractivity contribution is 7.79. The third-order valence-corrected chi connectivity index (χ3v) is 6.76. The summed E-state index contributed by atoms with van der Waals surface area (Å²) < 4.78 is 42.2. The predicted molar refractivity (Wildman–Crippen MR) is 177 cm³/mol. The number of amides is 1. The van der Waals surface area contributed by atoms with Crippen molar-refractivity contribution in [3.05, 3.63) is 114 Å². The first kappa shape index (κ1) is 32.6. The zero-order valence-corrected chi connectivity index (χ0v) is 25.8. The van der Waals surface area contributed by atoms with Gasteiger partial charge in [-0.15, -0.1) is 0 Å². The van der Waals surface area contributed by atoms with Gasteiger partial charge in [-0.25, -0.2) is 5.43 Å². The second-order valence-corrected chi connectivity index (χ2v) is 10.7. The Hall–Kier alpha value is -5.30. The Bertz CT molecular complexity index is 2000. The first-order chi connectivity index (χ1) is 21.4. The van der Waals surface area contributed by atoms with Crippen LogP contribution in [0.4, 0.5) is 5.69 Å². The molecule has 12 heteroatoms. The molecule has 0 aromatic heterocycles. The molecule has 0 aliphatic rings. The Kier molecular flexibility index (Phi) is 10.5. The minimum absolute atomic E-state index is 0.288. The van der Waals surface area contributed by atoms with Gasteiger partial charge < -0.3 is 9.47 Å². The van der Waals surface area contributed by atoms with Crippen LogP contribution < -0.4 is 20.3 Å². The van der Waals surface area contributed by atoms with Gasteiger partial charge in [0.15, 0.2) is 0 Å². The van der Waals surface area contributed by atoms with Crippen molar-refractivity contribution in [2.75, 3.05) is 19.6 Å². The number of nitrogens with zero attached hydrogens (tertiary/aromatic N) is 2. The lowest BCUT2D eigenvalue weighted by Crippen LogP contribution is -2.19. The summed E-state index contributed by atoms with van der Waals surface area (Å²) in [7, 11) is -1.35. The average molecular weight is 629 g/mol. The van der Waals surface area contributed by atoms with Crippen LogP contribution in [0.1, 0.15) is 35.3 Å². The highest BCUT2D eigenvalue weighted by Crippen LogP contribution is 2.23. The van der Waals surface area contributed by atoms with Gasteiger partial charge >= 0.3 is 10.4 Å². The summed E-state index contributed by atoms with van der Waals surface area (Å²) in [4.78, 5) is 12.7. The molecule has 45 heavy (non-hydrogen) atoms. The van der Waals surface area contributed by atoms with Crippen molar-refractivity contribution in [3.63, 3.8) is 0 Å². The molecule has 0 atom stereocenters. The van der Waals surface area contributed by atoms with Crippen LogP contribution in [0, 0.1) is 0 Å². The van der Waals surface area contributed by atoms with Gasteiger partial charge in [-0.3, -0.25) is 19.3 Å². The first-order valence-electron chi connectivity index (χ1n) is 13.5. The maximum absolute atomic E-state index is 12.7. The predicted octanol–water partition coefficient (Wildman–Crippen LogP) is 6.35. The fourth-order valence-electron chi connectivity index (χ4n) is 4.32. The van der Waals surface area contributed by atoms with Gasteiger partial charge in [0.2, 0.25) is 0 Å². The number of benzene rings is 5. The lowest BCUT2D eigenvalue weighted by Gasteiger charge is -2.08. The van der Waals surface area contributed by atoms with E-state index in [1.54, 1.807) is 26.4 Å². The standard InChI is InChI=1S/C33H30N4O3.H2O4S/c1-21(24-5-7-28-19-31(39-3)15-11-26(28)17-24)34-36-30-13-9-23(10-14-30)33(38)37-35-22(2)25-6-8-29-20-32(40-4)16-12-27(29)18-25;1-5(2,3)4/h5-20,36H,1-4H3,(H,37,38);(H2,1,2,3,4). The summed E-state index contributed by atoms with van der Waals surface area (Å²) in [6, 6.07) is 31.2. The molecule has 11 nitrogen and oxygen atoms in total. The van der Waals surface area contributed by atoms with Crippen LogP contribution in [0.3, 0.4) is 0 Å². The third kappa shape index (κ3) is 9.34. The van der Waals surface area contributed by atoms with E-state index in [4.69, 9.17) is 27.0 Å². The van der Waals surface area contributed by atoms with E-state index in [1.165, 1.54) is 0 Å². The van der Waals surface area contributed by atoms with E-state index in [9.17, 15) is 4.79 Å². The van der Waals surface area contributed by atoms with Crippen molar-refractivity contribution in [1.82, 2.24) is 5.43 Å². The summed E-state index contributed by atoms with van der Waals surface area (Å²) in [5, 5.41) is 13.2. The second kappa shape index (κ2) is 14.4. The molecule has 4 N–H and O–H groups in total. The van der Waals surface area contributed by atoms with Gasteiger partial charge in [0.1, 0.15) is 11.5 Å². The molecule has 0 aliphatic heterocycles. The van der Waals surface area contributed by atoms with Gasteiger partial charge in [-0.05, 0) is 107 Å². The average Bonchev–Trinajstić information content (AvgIpc) is 3.04. The Morgan fingerprint density at radius 3 is 1.49 bits per heavy atom. The zero-order valence-electron chi connectivity index (χ0n) is 25.0. The molecule has 5 rings (SSSR count). The van der Waals surface area contributed by atoms with E-state index >= 15 is 0 Å². The minimum Gasteiger partial charge on any atom is -0.497 e. The van der Waals surface area contributed by atoms with Crippen LogP contribution in [0.15, 0.2) is 107 Å². The quantitative estimate of drug-likeness (QED) is 0.0879. The lowest BCUT2D eigenvalue weighted by atomic mass is 10.0. The third-order valence-electron chi connectivity index (χ3n) is 6.76. The van der Waals surface area contributed by atoms with Crippen LogP contribution in [0.2, 0.25) is 0 Å². The van der Waals surface area contributed by atoms with Gasteiger partial charge in [0.05, 0.1) is 31.3 Å². The number of hydrogen-bond acceptors (Lipinski definition) is 8. The highest BCUT2D eigenvalue weighted by atomic mass is 32.3. The lowest BCUT2D eigenvalue weighted by molar-refractivity contribution is 0.0954. The number of rotatable bonds is 8. The van der Waals surface area contributed by atoms with Crippen molar-refractivity contribution in [3.8, 4) is 11.5 Å². The van der Waals surface area contributed by atoms with Gasteiger partial charge in [-0.2, -0.15) is 18.6 Å². The number of anilines is 1. The molecule has 0 heterocycles. The Balaban J connectivity index is 0.000000854. The van der Waals surface area contributed by atoms with E-state index in [0.29, 0.717) is 11.3 Å². The normalized spacial score (nSPS) is 11.9. The molecule has 5 aromatic carbocycles. The van der Waals surface area contributed by atoms with Crippen molar-refractivity contribution in [1.29, 1.82) is 0 Å². The minimum atomic E-state index is -4.67. The number of carbonyl (C=O) groups excluding carboxylic acids is 1. The van der Waals surface area contributed by atoms with Crippen molar-refractivity contribution < 1.29 is 31.8 Å². The summed E-state index contributed by atoms with van der Waals surface area (Å²) in [5.74, 6) is 1.36. The van der Waals surface area contributed by atoms with Crippen LogP contribution in [-0.4, -0.2) is 49.1 Å². The van der Waals surface area contributed by atoms with E-state index < -0.39 is 10.4 Å². The van der Waals surface area contributed by atoms with Crippen LogP contribution in [0.25, 0.3) is 21.5 Å². The number of carbonyl (C=O) groups is 1. The summed E-state index contributed by atoms with van der Waals surface area (Å²) in [6.07, 6.45) is 0. The zero-order chi connectivity index (χ0) is 32.6. The van der Waals surface area contributed by atoms with Crippen molar-refractivity contribution in [2.24, 2.45) is 10.2 Å². The number of fused-ring (bicyclic) bond motifs is 2. The fourth-order valence-corrected chi connectivity index (χ4v) is 4.32. The highest BCUT2D eigenvalue weighted by Gasteiger charge is 2.07. The molecule has 0 unspecified atom stereocenters. The number of ether oxygens (including phenoxy) is 2. The first-order valence-corrected chi connectivity index (χ1v) is 14.9. The van der Waals surface area contributed by atoms with Crippen molar-refractivity contribution in [2.45, 2.75) is 13.8 Å². The van der Waals surface area contributed by atoms with E-state index in [-0.39, 0.29) is 5.91 Å². The Morgan fingerprint density at radius 2 is 1.02 bits per heavy atom. The van der Waals surface area contributed by atoms with Crippen molar-refractivity contribution >= 4 is 55.0 Å². The summed E-state index contributed by atoms with van der Waals surface area (Å²) in [5.41, 5.74) is 10.5. The number of hydrazone groups is 2. The van der Waals surface area contributed by atoms with Gasteiger partial charge in [-0.1, -0.05) is 36.4 Å².